The molecule has 0 radical (unpaired) electrons. The second kappa shape index (κ2) is 6.69. The topological polar surface area (TPSA) is 24.5 Å². The van der Waals surface area contributed by atoms with Crippen LogP contribution in [0, 0.1) is 0 Å². The maximum atomic E-state index is 6.13. The molecule has 3 rings (SSSR count). The number of ether oxygens (including phenoxy) is 1. The van der Waals surface area contributed by atoms with E-state index in [-0.39, 0.29) is 0 Å². The number of anilines is 1. The van der Waals surface area contributed by atoms with E-state index < -0.39 is 0 Å². The van der Waals surface area contributed by atoms with Gasteiger partial charge in [0.05, 0.1) is 12.2 Å². The molecule has 1 saturated heterocycles. The third-order valence-electron chi connectivity index (χ3n) is 4.68. The van der Waals surface area contributed by atoms with Crippen molar-refractivity contribution in [2.45, 2.75) is 58.1 Å². The first-order chi connectivity index (χ1) is 10.3. The van der Waals surface area contributed by atoms with Crippen LogP contribution in [0.3, 0.4) is 0 Å². The zero-order chi connectivity index (χ0) is 14.7. The lowest BCUT2D eigenvalue weighted by Crippen LogP contribution is -2.40. The van der Waals surface area contributed by atoms with E-state index in [0.717, 1.165) is 31.7 Å². The van der Waals surface area contributed by atoms with Gasteiger partial charge in [-0.3, -0.25) is 0 Å². The second-order valence-electron chi connectivity index (χ2n) is 6.39. The lowest BCUT2D eigenvalue weighted by atomic mass is 10.0. The first-order valence-corrected chi connectivity index (χ1v) is 8.58. The Balaban J connectivity index is 1.79. The molecule has 21 heavy (non-hydrogen) atoms. The van der Waals surface area contributed by atoms with Crippen LogP contribution in [0.15, 0.2) is 18.2 Å². The molecule has 2 unspecified atom stereocenters. The lowest BCUT2D eigenvalue weighted by molar-refractivity contribution is 0.189. The molecule has 3 heteroatoms. The minimum absolute atomic E-state index is 0.339. The van der Waals surface area contributed by atoms with E-state index in [1.807, 2.05) is 0 Å². The van der Waals surface area contributed by atoms with Gasteiger partial charge in [0.25, 0.3) is 0 Å². The van der Waals surface area contributed by atoms with Gasteiger partial charge >= 0.3 is 0 Å². The first-order valence-electron chi connectivity index (χ1n) is 8.58. The Morgan fingerprint density at radius 3 is 2.95 bits per heavy atom. The summed E-state index contributed by atoms with van der Waals surface area (Å²) >= 11 is 0. The van der Waals surface area contributed by atoms with Gasteiger partial charge in [0.1, 0.15) is 11.9 Å². The molecular formula is C18H28N2O. The highest BCUT2D eigenvalue weighted by Crippen LogP contribution is 2.35. The van der Waals surface area contributed by atoms with Crippen LogP contribution in [-0.2, 0) is 6.42 Å². The van der Waals surface area contributed by atoms with Gasteiger partial charge in [-0.15, -0.1) is 0 Å². The van der Waals surface area contributed by atoms with Crippen LogP contribution in [0.5, 0.6) is 5.75 Å². The van der Waals surface area contributed by atoms with Gasteiger partial charge in [-0.1, -0.05) is 19.9 Å². The van der Waals surface area contributed by atoms with E-state index in [9.17, 15) is 0 Å². The summed E-state index contributed by atoms with van der Waals surface area (Å²) in [7, 11) is 0. The van der Waals surface area contributed by atoms with Gasteiger partial charge in [0.2, 0.25) is 0 Å². The summed E-state index contributed by atoms with van der Waals surface area (Å²) in [5.41, 5.74) is 2.74. The molecule has 2 atom stereocenters. The fraction of sp³-hybridized carbons (Fsp3) is 0.667. The van der Waals surface area contributed by atoms with Crippen LogP contribution in [0.1, 0.15) is 45.1 Å². The Morgan fingerprint density at radius 1 is 1.33 bits per heavy atom. The summed E-state index contributed by atoms with van der Waals surface area (Å²) in [4.78, 5) is 2.51. The molecule has 1 aromatic rings. The Hall–Kier alpha value is -1.22. The summed E-state index contributed by atoms with van der Waals surface area (Å²) in [6.45, 7) is 7.79. The number of nitrogens with one attached hydrogen (secondary N) is 1. The molecule has 0 aromatic heterocycles. The summed E-state index contributed by atoms with van der Waals surface area (Å²) in [6.07, 6.45) is 6.37. The SMILES string of the molecule is CCCN1CC(CC)Oc2ccc(CC3CCCN3)cc21. The van der Waals surface area contributed by atoms with Gasteiger partial charge in [-0.25, -0.2) is 0 Å². The average molecular weight is 288 g/mol. The Kier molecular flexibility index (Phi) is 4.69. The summed E-state index contributed by atoms with van der Waals surface area (Å²) in [5, 5.41) is 3.59. The van der Waals surface area contributed by atoms with Crippen molar-refractivity contribution < 1.29 is 4.74 Å². The smallest absolute Gasteiger partial charge is 0.143 e. The molecule has 0 bridgehead atoms. The fourth-order valence-corrected chi connectivity index (χ4v) is 3.51. The molecule has 0 spiro atoms. The molecular weight excluding hydrogens is 260 g/mol. The van der Waals surface area contributed by atoms with Crippen molar-refractivity contribution in [1.82, 2.24) is 5.32 Å². The Bertz CT molecular complexity index is 468. The molecule has 3 nitrogen and oxygen atoms in total. The van der Waals surface area contributed by atoms with Crippen molar-refractivity contribution in [3.63, 3.8) is 0 Å². The zero-order valence-electron chi connectivity index (χ0n) is 13.4. The van der Waals surface area contributed by atoms with Gasteiger partial charge < -0.3 is 15.0 Å². The maximum Gasteiger partial charge on any atom is 0.143 e. The van der Waals surface area contributed by atoms with E-state index in [1.54, 1.807) is 0 Å². The summed E-state index contributed by atoms with van der Waals surface area (Å²) in [6, 6.07) is 7.46. The van der Waals surface area contributed by atoms with Gasteiger partial charge in [-0.05, 0) is 56.3 Å². The van der Waals surface area contributed by atoms with E-state index in [0.29, 0.717) is 12.1 Å². The fourth-order valence-electron chi connectivity index (χ4n) is 3.51. The van der Waals surface area contributed by atoms with Crippen LogP contribution >= 0.6 is 0 Å². The number of nitrogens with zero attached hydrogens (tertiary/aromatic N) is 1. The van der Waals surface area contributed by atoms with Crippen LogP contribution < -0.4 is 15.0 Å². The zero-order valence-corrected chi connectivity index (χ0v) is 13.4. The van der Waals surface area contributed by atoms with E-state index in [4.69, 9.17) is 4.74 Å². The number of hydrogen-bond donors (Lipinski definition) is 1. The molecule has 0 aliphatic carbocycles. The van der Waals surface area contributed by atoms with Crippen molar-refractivity contribution in [1.29, 1.82) is 0 Å². The number of rotatable bonds is 5. The minimum atomic E-state index is 0.339. The molecule has 1 aromatic carbocycles. The van der Waals surface area contributed by atoms with Crippen LogP contribution in [-0.4, -0.2) is 31.8 Å². The number of hydrogen-bond acceptors (Lipinski definition) is 3. The highest BCUT2D eigenvalue weighted by molar-refractivity contribution is 5.61. The van der Waals surface area contributed by atoms with Crippen molar-refractivity contribution in [3.8, 4) is 5.75 Å². The van der Waals surface area contributed by atoms with E-state index >= 15 is 0 Å². The second-order valence-corrected chi connectivity index (χ2v) is 6.39. The first kappa shape index (κ1) is 14.7. The lowest BCUT2D eigenvalue weighted by Gasteiger charge is -2.36. The van der Waals surface area contributed by atoms with Gasteiger partial charge in [0.15, 0.2) is 0 Å². The monoisotopic (exact) mass is 288 g/mol. The van der Waals surface area contributed by atoms with Crippen molar-refractivity contribution in [3.05, 3.63) is 23.8 Å². The van der Waals surface area contributed by atoms with E-state index in [1.165, 1.54) is 37.1 Å². The van der Waals surface area contributed by atoms with Crippen LogP contribution in [0.25, 0.3) is 0 Å². The third kappa shape index (κ3) is 3.34. The van der Waals surface area contributed by atoms with Crippen molar-refractivity contribution in [2.24, 2.45) is 0 Å². The largest absolute Gasteiger partial charge is 0.486 e. The molecule has 1 fully saturated rings. The van der Waals surface area contributed by atoms with Gasteiger partial charge in [-0.2, -0.15) is 0 Å². The van der Waals surface area contributed by atoms with Crippen LogP contribution in [0.4, 0.5) is 5.69 Å². The number of fused-ring (bicyclic) bond motifs is 1. The quantitative estimate of drug-likeness (QED) is 0.899. The highest BCUT2D eigenvalue weighted by Gasteiger charge is 2.25. The van der Waals surface area contributed by atoms with Crippen molar-refractivity contribution >= 4 is 5.69 Å². The predicted octanol–water partition coefficient (Wildman–Crippen LogP) is 3.37. The van der Waals surface area contributed by atoms with Gasteiger partial charge in [0, 0.05) is 12.6 Å². The van der Waals surface area contributed by atoms with E-state index in [2.05, 4.69) is 42.3 Å². The molecule has 116 valence electrons. The third-order valence-corrected chi connectivity index (χ3v) is 4.68. The molecule has 0 saturated carbocycles. The average Bonchev–Trinajstić information content (AvgIpc) is 3.00. The molecule has 2 aliphatic rings. The molecule has 1 N–H and O–H groups in total. The minimum Gasteiger partial charge on any atom is -0.486 e. The number of benzene rings is 1. The Morgan fingerprint density at radius 2 is 2.24 bits per heavy atom. The van der Waals surface area contributed by atoms with Crippen molar-refractivity contribution in [2.75, 3.05) is 24.5 Å². The maximum absolute atomic E-state index is 6.13. The Labute approximate surface area is 128 Å². The summed E-state index contributed by atoms with van der Waals surface area (Å²) in [5.74, 6) is 1.07. The highest BCUT2D eigenvalue weighted by atomic mass is 16.5. The predicted molar refractivity (Wildman–Crippen MR) is 88.4 cm³/mol. The van der Waals surface area contributed by atoms with Crippen LogP contribution in [0.2, 0.25) is 0 Å². The molecule has 2 aliphatic heterocycles. The molecule has 2 heterocycles. The molecule has 0 amide bonds. The summed E-state index contributed by atoms with van der Waals surface area (Å²) < 4.78 is 6.13. The standard InChI is InChI=1S/C18H28N2O/c1-3-10-20-13-16(4-2)21-18-8-7-14(12-17(18)20)11-15-6-5-9-19-15/h7-8,12,15-16,19H,3-6,9-11,13H2,1-2H3. The normalized spacial score (nSPS) is 24.8.